The van der Waals surface area contributed by atoms with Gasteiger partial charge in [-0.05, 0) is 44.2 Å². The quantitative estimate of drug-likeness (QED) is 0.525. The van der Waals surface area contributed by atoms with E-state index >= 15 is 0 Å². The Morgan fingerprint density at radius 2 is 2.00 bits per heavy atom. The lowest BCUT2D eigenvalue weighted by Gasteiger charge is -2.05. The highest BCUT2D eigenvalue weighted by Gasteiger charge is 2.20. The van der Waals surface area contributed by atoms with Crippen LogP contribution in [0.4, 0.5) is 13.9 Å². The van der Waals surface area contributed by atoms with Crippen molar-refractivity contribution in [1.82, 2.24) is 19.6 Å². The third-order valence-corrected chi connectivity index (χ3v) is 5.05. The Labute approximate surface area is 168 Å². The van der Waals surface area contributed by atoms with Crippen LogP contribution in [0, 0.1) is 13.8 Å². The van der Waals surface area contributed by atoms with Crippen molar-refractivity contribution in [1.29, 1.82) is 0 Å². The van der Waals surface area contributed by atoms with Crippen molar-refractivity contribution in [2.24, 2.45) is 0 Å². The number of rotatable bonds is 5. The summed E-state index contributed by atoms with van der Waals surface area (Å²) in [6.07, 6.45) is 3.32. The molecule has 1 N–H and O–H groups in total. The number of hydrogen-bond donors (Lipinski definition) is 1. The maximum Gasteiger partial charge on any atom is 0.387 e. The van der Waals surface area contributed by atoms with Gasteiger partial charge in [0.25, 0.3) is 5.91 Å². The first kappa shape index (κ1) is 18.9. The number of anilines is 1. The summed E-state index contributed by atoms with van der Waals surface area (Å²) in [5.41, 5.74) is 2.79. The number of ether oxygens (including phenoxy) is 1. The Balaban J connectivity index is 1.58. The molecule has 0 radical (unpaired) electrons. The lowest BCUT2D eigenvalue weighted by atomic mass is 10.1. The minimum Gasteiger partial charge on any atom is -0.435 e. The molecule has 3 aromatic heterocycles. The lowest BCUT2D eigenvalue weighted by Crippen LogP contribution is -2.13. The molecule has 3 heterocycles. The minimum atomic E-state index is -2.87. The van der Waals surface area contributed by atoms with E-state index in [9.17, 15) is 13.6 Å². The van der Waals surface area contributed by atoms with Crippen LogP contribution in [0.15, 0.2) is 42.7 Å². The fourth-order valence-electron chi connectivity index (χ4n) is 2.93. The van der Waals surface area contributed by atoms with E-state index < -0.39 is 6.61 Å². The van der Waals surface area contributed by atoms with Crippen LogP contribution >= 0.6 is 11.3 Å². The maximum absolute atomic E-state index is 12.8. The van der Waals surface area contributed by atoms with Crippen LogP contribution in [-0.2, 0) is 0 Å². The fraction of sp³-hybridized carbons (Fsp3) is 0.158. The van der Waals surface area contributed by atoms with Gasteiger partial charge in [-0.3, -0.25) is 10.1 Å². The first-order valence-electron chi connectivity index (χ1n) is 8.56. The number of carbonyl (C=O) groups excluding carboxylic acids is 1. The zero-order valence-electron chi connectivity index (χ0n) is 15.4. The molecular formula is C19H15F2N5O2S. The second kappa shape index (κ2) is 7.55. The summed E-state index contributed by atoms with van der Waals surface area (Å²) in [4.78, 5) is 22.4. The Bertz CT molecular complexity index is 1190. The number of nitrogens with one attached hydrogen (secondary N) is 1. The van der Waals surface area contributed by atoms with Crippen molar-refractivity contribution < 1.29 is 18.3 Å². The van der Waals surface area contributed by atoms with Crippen LogP contribution in [-0.4, -0.2) is 32.1 Å². The van der Waals surface area contributed by atoms with Gasteiger partial charge in [-0.25, -0.2) is 14.5 Å². The van der Waals surface area contributed by atoms with Crippen LogP contribution in [0.25, 0.3) is 16.9 Å². The molecule has 29 heavy (non-hydrogen) atoms. The van der Waals surface area contributed by atoms with E-state index in [4.69, 9.17) is 0 Å². The van der Waals surface area contributed by atoms with Crippen molar-refractivity contribution in [3.63, 3.8) is 0 Å². The number of hydrogen-bond acceptors (Lipinski definition) is 6. The first-order chi connectivity index (χ1) is 13.9. The summed E-state index contributed by atoms with van der Waals surface area (Å²) in [6, 6.07) is 7.92. The Kier molecular flexibility index (Phi) is 4.93. The summed E-state index contributed by atoms with van der Waals surface area (Å²) in [7, 11) is 0. The number of nitrogens with zero attached hydrogens (tertiary/aromatic N) is 4. The van der Waals surface area contributed by atoms with Gasteiger partial charge >= 0.3 is 6.61 Å². The largest absolute Gasteiger partial charge is 0.435 e. The van der Waals surface area contributed by atoms with Crippen molar-refractivity contribution in [3.05, 3.63) is 58.9 Å². The third kappa shape index (κ3) is 3.79. The van der Waals surface area contributed by atoms with Gasteiger partial charge in [0.1, 0.15) is 11.3 Å². The van der Waals surface area contributed by atoms with E-state index in [1.54, 1.807) is 42.0 Å². The molecule has 0 unspecified atom stereocenters. The molecule has 0 bridgehead atoms. The minimum absolute atomic E-state index is 0.0706. The predicted octanol–water partition coefficient (Wildman–Crippen LogP) is 4.32. The molecule has 0 aliphatic carbocycles. The number of alkyl halides is 2. The summed E-state index contributed by atoms with van der Waals surface area (Å²) in [5.74, 6) is -0.279. The van der Waals surface area contributed by atoms with Gasteiger partial charge in [-0.2, -0.15) is 13.9 Å². The van der Waals surface area contributed by atoms with E-state index in [2.05, 4.69) is 25.1 Å². The molecule has 0 atom stereocenters. The van der Waals surface area contributed by atoms with Gasteiger partial charge < -0.3 is 4.74 Å². The van der Waals surface area contributed by atoms with Gasteiger partial charge in [-0.15, -0.1) is 11.3 Å². The summed E-state index contributed by atoms with van der Waals surface area (Å²) >= 11 is 1.32. The molecule has 0 saturated heterocycles. The normalized spacial score (nSPS) is 11.2. The summed E-state index contributed by atoms with van der Waals surface area (Å²) < 4.78 is 30.5. The zero-order valence-corrected chi connectivity index (χ0v) is 16.2. The molecular weight excluding hydrogens is 400 g/mol. The smallest absolute Gasteiger partial charge is 0.387 e. The highest BCUT2D eigenvalue weighted by atomic mass is 32.1. The average Bonchev–Trinajstić information content (AvgIpc) is 3.20. The number of carbonyl (C=O) groups is 1. The standard InChI is InChI=1S/C19H15F2N5O2S/c1-10-14(16-22-8-3-9-26(16)25-10)17(27)24-19-23-15(11(2)29-19)12-4-6-13(7-5-12)28-18(20)21/h3-9,18H,1-2H3,(H,23,24,27). The molecule has 1 aromatic carbocycles. The Morgan fingerprint density at radius 3 is 2.72 bits per heavy atom. The molecule has 0 fully saturated rings. The molecule has 1 amide bonds. The second-order valence-corrected chi connectivity index (χ2v) is 7.33. The van der Waals surface area contributed by atoms with Crippen molar-refractivity contribution in [2.75, 3.05) is 5.32 Å². The van der Waals surface area contributed by atoms with E-state index in [0.717, 1.165) is 10.4 Å². The van der Waals surface area contributed by atoms with E-state index in [0.29, 0.717) is 27.7 Å². The van der Waals surface area contributed by atoms with Gasteiger partial charge in [0.2, 0.25) is 0 Å². The lowest BCUT2D eigenvalue weighted by molar-refractivity contribution is -0.0498. The number of amides is 1. The predicted molar refractivity (Wildman–Crippen MR) is 105 cm³/mol. The highest BCUT2D eigenvalue weighted by Crippen LogP contribution is 2.32. The highest BCUT2D eigenvalue weighted by molar-refractivity contribution is 7.16. The van der Waals surface area contributed by atoms with Crippen LogP contribution in [0.3, 0.4) is 0 Å². The monoisotopic (exact) mass is 415 g/mol. The topological polar surface area (TPSA) is 81.4 Å². The van der Waals surface area contributed by atoms with E-state index in [1.807, 2.05) is 6.92 Å². The number of benzene rings is 1. The molecule has 4 aromatic rings. The molecule has 148 valence electrons. The Morgan fingerprint density at radius 1 is 1.24 bits per heavy atom. The fourth-order valence-corrected chi connectivity index (χ4v) is 3.76. The van der Waals surface area contributed by atoms with Gasteiger partial charge in [0.05, 0.1) is 11.4 Å². The van der Waals surface area contributed by atoms with E-state index in [1.165, 1.54) is 23.5 Å². The van der Waals surface area contributed by atoms with Gasteiger partial charge in [0, 0.05) is 22.8 Å². The van der Waals surface area contributed by atoms with Crippen LogP contribution in [0.5, 0.6) is 5.75 Å². The number of aromatic nitrogens is 4. The Hall–Kier alpha value is -3.40. The number of halogens is 2. The first-order valence-corrected chi connectivity index (χ1v) is 9.38. The molecule has 0 spiro atoms. The molecule has 10 heteroatoms. The molecule has 0 aliphatic rings. The molecule has 0 saturated carbocycles. The van der Waals surface area contributed by atoms with Crippen LogP contribution in [0.1, 0.15) is 20.9 Å². The summed E-state index contributed by atoms with van der Waals surface area (Å²) in [5, 5.41) is 7.50. The van der Waals surface area contributed by atoms with Crippen molar-refractivity contribution in [2.45, 2.75) is 20.5 Å². The van der Waals surface area contributed by atoms with Gasteiger partial charge in [0.15, 0.2) is 10.8 Å². The maximum atomic E-state index is 12.8. The van der Waals surface area contributed by atoms with Gasteiger partial charge in [-0.1, -0.05) is 0 Å². The summed E-state index contributed by atoms with van der Waals surface area (Å²) in [6.45, 7) is 0.737. The van der Waals surface area contributed by atoms with Crippen molar-refractivity contribution >= 4 is 28.0 Å². The molecule has 0 aliphatic heterocycles. The third-order valence-electron chi connectivity index (χ3n) is 4.17. The van der Waals surface area contributed by atoms with E-state index in [-0.39, 0.29) is 11.7 Å². The number of fused-ring (bicyclic) bond motifs is 1. The number of thiazole rings is 1. The molecule has 4 rings (SSSR count). The molecule has 7 nitrogen and oxygen atoms in total. The van der Waals surface area contributed by atoms with Crippen LogP contribution < -0.4 is 10.1 Å². The number of aryl methyl sites for hydroxylation is 2. The SMILES string of the molecule is Cc1nn2cccnc2c1C(=O)Nc1nc(-c2ccc(OC(F)F)cc2)c(C)s1. The van der Waals surface area contributed by atoms with Crippen LogP contribution in [0.2, 0.25) is 0 Å². The van der Waals surface area contributed by atoms with Crippen molar-refractivity contribution in [3.8, 4) is 17.0 Å². The average molecular weight is 415 g/mol. The second-order valence-electron chi connectivity index (χ2n) is 6.13. The zero-order chi connectivity index (χ0) is 20.5.